The number of likely N-dealkylation sites (tertiary alicyclic amines) is 1. The van der Waals surface area contributed by atoms with E-state index in [0.29, 0.717) is 11.1 Å². The first-order valence-electron chi connectivity index (χ1n) is 8.74. The summed E-state index contributed by atoms with van der Waals surface area (Å²) >= 11 is 0. The Labute approximate surface area is 144 Å². The monoisotopic (exact) mass is 326 g/mol. The molecule has 5 heteroatoms. The van der Waals surface area contributed by atoms with Gasteiger partial charge in [-0.15, -0.1) is 0 Å². The average Bonchev–Trinajstić information content (AvgIpc) is 2.74. The number of carbonyl (C=O) groups excluding carboxylic acids is 1. The smallest absolute Gasteiger partial charge is 0.255 e. The molecule has 2 aliphatic rings. The summed E-state index contributed by atoms with van der Waals surface area (Å²) in [4.78, 5) is 19.7. The maximum absolute atomic E-state index is 12.8. The van der Waals surface area contributed by atoms with Crippen LogP contribution in [0.4, 0.5) is 0 Å². The third kappa shape index (κ3) is 3.17. The van der Waals surface area contributed by atoms with Crippen molar-refractivity contribution in [2.45, 2.75) is 24.8 Å². The molecule has 1 aromatic carbocycles. The van der Waals surface area contributed by atoms with Crippen LogP contribution in [-0.4, -0.2) is 73.0 Å². The summed E-state index contributed by atoms with van der Waals surface area (Å²) in [5.74, 6) is -0.00775. The number of piperidine rings is 1. The van der Waals surface area contributed by atoms with Crippen molar-refractivity contribution in [3.8, 4) is 6.07 Å². The summed E-state index contributed by atoms with van der Waals surface area (Å²) in [6, 6.07) is 9.24. The molecule has 0 unspecified atom stereocenters. The van der Waals surface area contributed by atoms with Crippen LogP contribution in [0.25, 0.3) is 0 Å². The molecule has 2 saturated heterocycles. The Morgan fingerprint density at radius 1 is 1.12 bits per heavy atom. The van der Waals surface area contributed by atoms with Crippen molar-refractivity contribution >= 4 is 5.91 Å². The van der Waals surface area contributed by atoms with Gasteiger partial charge >= 0.3 is 0 Å². The first-order valence-corrected chi connectivity index (χ1v) is 8.74. The van der Waals surface area contributed by atoms with Gasteiger partial charge in [-0.3, -0.25) is 9.69 Å². The van der Waals surface area contributed by atoms with Crippen LogP contribution in [0.1, 0.15) is 35.2 Å². The van der Waals surface area contributed by atoms with E-state index in [4.69, 9.17) is 0 Å². The van der Waals surface area contributed by atoms with Crippen molar-refractivity contribution in [1.29, 1.82) is 5.26 Å². The predicted octanol–water partition coefficient (Wildman–Crippen LogP) is 1.80. The van der Waals surface area contributed by atoms with E-state index in [9.17, 15) is 10.1 Å². The molecule has 1 amide bonds. The number of hydrogen-bond donors (Lipinski definition) is 0. The average molecular weight is 326 g/mol. The fourth-order valence-electron chi connectivity index (χ4n) is 4.12. The molecule has 5 nitrogen and oxygen atoms in total. The SMILES string of the molecule is CN1CCCN(C)C2(CCN(C(=O)c3ccccc3C#N)CC2)C1. The van der Waals surface area contributed by atoms with Crippen molar-refractivity contribution in [2.75, 3.05) is 46.8 Å². The highest BCUT2D eigenvalue weighted by molar-refractivity contribution is 5.96. The summed E-state index contributed by atoms with van der Waals surface area (Å²) in [7, 11) is 4.42. The zero-order valence-corrected chi connectivity index (χ0v) is 14.7. The lowest BCUT2D eigenvalue weighted by Crippen LogP contribution is -2.58. The van der Waals surface area contributed by atoms with Crippen LogP contribution < -0.4 is 0 Å². The minimum absolute atomic E-state index is 0.00775. The van der Waals surface area contributed by atoms with Crippen LogP contribution in [-0.2, 0) is 0 Å². The van der Waals surface area contributed by atoms with Gasteiger partial charge in [-0.2, -0.15) is 5.26 Å². The Morgan fingerprint density at radius 2 is 1.83 bits per heavy atom. The van der Waals surface area contributed by atoms with E-state index < -0.39 is 0 Å². The largest absolute Gasteiger partial charge is 0.338 e. The third-order valence-electron chi connectivity index (χ3n) is 5.67. The van der Waals surface area contributed by atoms with Crippen LogP contribution in [0.3, 0.4) is 0 Å². The van der Waals surface area contributed by atoms with Gasteiger partial charge in [-0.1, -0.05) is 12.1 Å². The number of nitriles is 1. The second-order valence-corrected chi connectivity index (χ2v) is 7.19. The van der Waals surface area contributed by atoms with Gasteiger partial charge in [0, 0.05) is 25.2 Å². The maximum Gasteiger partial charge on any atom is 0.255 e. The van der Waals surface area contributed by atoms with Crippen LogP contribution in [0.2, 0.25) is 0 Å². The Morgan fingerprint density at radius 3 is 2.54 bits per heavy atom. The molecule has 2 heterocycles. The Kier molecular flexibility index (Phi) is 4.88. The van der Waals surface area contributed by atoms with E-state index in [2.05, 4.69) is 30.0 Å². The minimum Gasteiger partial charge on any atom is -0.338 e. The molecular weight excluding hydrogens is 300 g/mol. The molecule has 3 rings (SSSR count). The number of benzene rings is 1. The number of hydrogen-bond acceptors (Lipinski definition) is 4. The van der Waals surface area contributed by atoms with Crippen molar-refractivity contribution in [1.82, 2.24) is 14.7 Å². The zero-order chi connectivity index (χ0) is 17.2. The van der Waals surface area contributed by atoms with E-state index in [1.807, 2.05) is 11.0 Å². The highest BCUT2D eigenvalue weighted by Gasteiger charge is 2.41. The molecule has 0 N–H and O–H groups in total. The minimum atomic E-state index is -0.00775. The van der Waals surface area contributed by atoms with Crippen molar-refractivity contribution in [3.63, 3.8) is 0 Å². The molecule has 24 heavy (non-hydrogen) atoms. The fourth-order valence-corrected chi connectivity index (χ4v) is 4.12. The van der Waals surface area contributed by atoms with E-state index >= 15 is 0 Å². The Hall–Kier alpha value is -1.90. The number of rotatable bonds is 1. The first-order chi connectivity index (χ1) is 11.6. The molecular formula is C19H26N4O. The van der Waals surface area contributed by atoms with Crippen LogP contribution >= 0.6 is 0 Å². The van der Waals surface area contributed by atoms with Crippen molar-refractivity contribution in [2.24, 2.45) is 0 Å². The van der Waals surface area contributed by atoms with E-state index in [1.54, 1.807) is 18.2 Å². The summed E-state index contributed by atoms with van der Waals surface area (Å²) in [6.45, 7) is 4.85. The summed E-state index contributed by atoms with van der Waals surface area (Å²) < 4.78 is 0. The van der Waals surface area contributed by atoms with Gasteiger partial charge in [0.1, 0.15) is 0 Å². The quantitative estimate of drug-likeness (QED) is 0.790. The zero-order valence-electron chi connectivity index (χ0n) is 14.7. The van der Waals surface area contributed by atoms with Gasteiger partial charge in [0.25, 0.3) is 5.91 Å². The van der Waals surface area contributed by atoms with E-state index in [-0.39, 0.29) is 11.4 Å². The fraction of sp³-hybridized carbons (Fsp3) is 0.579. The summed E-state index contributed by atoms with van der Waals surface area (Å²) in [5.41, 5.74) is 1.17. The standard InChI is InChI=1S/C19H26N4O/c1-21-10-5-11-22(2)19(15-21)8-12-23(13-9-19)18(24)17-7-4-3-6-16(17)14-20/h3-4,6-7H,5,8-13,15H2,1-2H3. The van der Waals surface area contributed by atoms with Gasteiger partial charge < -0.3 is 9.80 Å². The number of nitrogens with zero attached hydrogens (tertiary/aromatic N) is 4. The summed E-state index contributed by atoms with van der Waals surface area (Å²) in [5, 5.41) is 9.23. The second-order valence-electron chi connectivity index (χ2n) is 7.19. The highest BCUT2D eigenvalue weighted by atomic mass is 16.2. The van der Waals surface area contributed by atoms with Gasteiger partial charge in [0.15, 0.2) is 0 Å². The Balaban J connectivity index is 1.72. The van der Waals surface area contributed by atoms with Crippen molar-refractivity contribution < 1.29 is 4.79 Å². The lowest BCUT2D eigenvalue weighted by molar-refractivity contribution is 0.0282. The van der Waals surface area contributed by atoms with Crippen LogP contribution in [0, 0.1) is 11.3 Å². The molecule has 0 aliphatic carbocycles. The molecule has 2 fully saturated rings. The lowest BCUT2D eigenvalue weighted by Gasteiger charge is -2.47. The summed E-state index contributed by atoms with van der Waals surface area (Å²) in [6.07, 6.45) is 3.19. The molecule has 0 atom stereocenters. The lowest BCUT2D eigenvalue weighted by atomic mass is 9.85. The topological polar surface area (TPSA) is 50.6 Å². The van der Waals surface area contributed by atoms with E-state index in [1.165, 1.54) is 6.42 Å². The number of carbonyl (C=O) groups is 1. The van der Waals surface area contributed by atoms with Gasteiger partial charge in [-0.25, -0.2) is 0 Å². The highest BCUT2D eigenvalue weighted by Crippen LogP contribution is 2.31. The third-order valence-corrected chi connectivity index (χ3v) is 5.67. The van der Waals surface area contributed by atoms with Gasteiger partial charge in [0.05, 0.1) is 17.2 Å². The molecule has 0 saturated carbocycles. The molecule has 0 aromatic heterocycles. The number of likely N-dealkylation sites (N-methyl/N-ethyl adjacent to an activating group) is 2. The van der Waals surface area contributed by atoms with E-state index in [0.717, 1.165) is 45.6 Å². The molecule has 0 bridgehead atoms. The van der Waals surface area contributed by atoms with Gasteiger partial charge in [-0.05, 0) is 58.6 Å². The maximum atomic E-state index is 12.8. The molecule has 1 spiro atoms. The van der Waals surface area contributed by atoms with Crippen molar-refractivity contribution in [3.05, 3.63) is 35.4 Å². The predicted molar refractivity (Wildman–Crippen MR) is 93.8 cm³/mol. The van der Waals surface area contributed by atoms with Crippen LogP contribution in [0.5, 0.6) is 0 Å². The Bertz CT molecular complexity index is 643. The molecule has 1 aromatic rings. The first kappa shape index (κ1) is 16.9. The molecule has 2 aliphatic heterocycles. The normalized spacial score (nSPS) is 22.1. The second kappa shape index (κ2) is 6.92. The van der Waals surface area contributed by atoms with Gasteiger partial charge in [0.2, 0.25) is 0 Å². The molecule has 128 valence electrons. The van der Waals surface area contributed by atoms with Crippen LogP contribution in [0.15, 0.2) is 24.3 Å². The molecule has 0 radical (unpaired) electrons. The number of amides is 1.